The number of amides is 1. The van der Waals surface area contributed by atoms with Gasteiger partial charge in [0, 0.05) is 11.1 Å². The third-order valence-corrected chi connectivity index (χ3v) is 3.48. The lowest BCUT2D eigenvalue weighted by Gasteiger charge is -2.04. The minimum Gasteiger partial charge on any atom is -0.345 e. The summed E-state index contributed by atoms with van der Waals surface area (Å²) in [6.07, 6.45) is 0. The summed E-state index contributed by atoms with van der Waals surface area (Å²) in [4.78, 5) is 16.1. The molecule has 5 heteroatoms. The molecular weight excluding hydrogens is 256 g/mol. The van der Waals surface area contributed by atoms with E-state index in [-0.39, 0.29) is 5.91 Å². The predicted octanol–water partition coefficient (Wildman–Crippen LogP) is 3.03. The molecule has 0 aliphatic rings. The van der Waals surface area contributed by atoms with E-state index in [9.17, 15) is 4.79 Å². The van der Waals surface area contributed by atoms with Gasteiger partial charge in [0.15, 0.2) is 0 Å². The molecule has 1 aromatic heterocycles. The van der Waals surface area contributed by atoms with Crippen LogP contribution in [0.25, 0.3) is 0 Å². The first kappa shape index (κ1) is 12.1. The summed E-state index contributed by atoms with van der Waals surface area (Å²) in [5.74, 6) is -0.177. The van der Waals surface area contributed by atoms with Crippen molar-refractivity contribution in [3.05, 3.63) is 50.9 Å². The van der Waals surface area contributed by atoms with Gasteiger partial charge in [0.2, 0.25) is 0 Å². The van der Waals surface area contributed by atoms with Crippen molar-refractivity contribution in [2.24, 2.45) is 0 Å². The van der Waals surface area contributed by atoms with E-state index in [0.717, 1.165) is 10.7 Å². The van der Waals surface area contributed by atoms with E-state index in [1.165, 1.54) is 11.3 Å². The van der Waals surface area contributed by atoms with Gasteiger partial charge in [-0.05, 0) is 19.1 Å². The van der Waals surface area contributed by atoms with Crippen LogP contribution in [0.5, 0.6) is 0 Å². The number of thiazole rings is 1. The molecule has 0 aliphatic carbocycles. The van der Waals surface area contributed by atoms with Gasteiger partial charge in [-0.15, -0.1) is 11.3 Å². The first-order valence-corrected chi connectivity index (χ1v) is 6.36. The Morgan fingerprint density at radius 3 is 2.88 bits per heavy atom. The molecule has 1 amide bonds. The molecule has 1 aromatic carbocycles. The largest absolute Gasteiger partial charge is 0.345 e. The number of hydrogen-bond acceptors (Lipinski definition) is 3. The Morgan fingerprint density at radius 2 is 2.24 bits per heavy atom. The third-order valence-electron chi connectivity index (χ3n) is 2.19. The number of carbonyl (C=O) groups is 1. The maximum atomic E-state index is 11.8. The molecule has 0 radical (unpaired) electrons. The van der Waals surface area contributed by atoms with Gasteiger partial charge in [0.25, 0.3) is 5.91 Å². The van der Waals surface area contributed by atoms with Crippen molar-refractivity contribution < 1.29 is 4.79 Å². The molecular formula is C12H11ClN2OS. The van der Waals surface area contributed by atoms with Crippen molar-refractivity contribution in [2.75, 3.05) is 0 Å². The molecule has 3 nitrogen and oxygen atoms in total. The number of benzene rings is 1. The SMILES string of the molecule is Cc1csc(CNC(=O)c2ccccc2Cl)n1. The molecule has 0 saturated heterocycles. The van der Waals surface area contributed by atoms with Crippen LogP contribution in [0.2, 0.25) is 5.02 Å². The Morgan fingerprint density at radius 1 is 1.47 bits per heavy atom. The number of nitrogens with zero attached hydrogens (tertiary/aromatic N) is 1. The second kappa shape index (κ2) is 5.29. The molecule has 2 rings (SSSR count). The average Bonchev–Trinajstić information content (AvgIpc) is 2.73. The Hall–Kier alpha value is -1.39. The third kappa shape index (κ3) is 3.05. The monoisotopic (exact) mass is 266 g/mol. The summed E-state index contributed by atoms with van der Waals surface area (Å²) >= 11 is 7.46. The molecule has 17 heavy (non-hydrogen) atoms. The number of aryl methyl sites for hydroxylation is 1. The predicted molar refractivity (Wildman–Crippen MR) is 69.5 cm³/mol. The van der Waals surface area contributed by atoms with E-state index in [1.807, 2.05) is 12.3 Å². The van der Waals surface area contributed by atoms with E-state index in [0.29, 0.717) is 17.1 Å². The lowest BCUT2D eigenvalue weighted by molar-refractivity contribution is 0.0951. The number of rotatable bonds is 3. The van der Waals surface area contributed by atoms with Gasteiger partial charge in [0.1, 0.15) is 5.01 Å². The zero-order valence-electron chi connectivity index (χ0n) is 9.24. The van der Waals surface area contributed by atoms with Crippen LogP contribution in [0.3, 0.4) is 0 Å². The van der Waals surface area contributed by atoms with Crippen LogP contribution in [0.1, 0.15) is 21.1 Å². The van der Waals surface area contributed by atoms with Crippen LogP contribution < -0.4 is 5.32 Å². The van der Waals surface area contributed by atoms with Crippen LogP contribution in [-0.2, 0) is 6.54 Å². The number of aromatic nitrogens is 1. The van der Waals surface area contributed by atoms with Crippen molar-refractivity contribution in [2.45, 2.75) is 13.5 Å². The molecule has 0 unspecified atom stereocenters. The summed E-state index contributed by atoms with van der Waals surface area (Å²) in [6.45, 7) is 2.36. The van der Waals surface area contributed by atoms with E-state index < -0.39 is 0 Å². The standard InChI is InChI=1S/C12H11ClN2OS/c1-8-7-17-11(15-8)6-14-12(16)9-4-2-3-5-10(9)13/h2-5,7H,6H2,1H3,(H,14,16). The van der Waals surface area contributed by atoms with Gasteiger partial charge in [0.05, 0.1) is 17.1 Å². The van der Waals surface area contributed by atoms with E-state index >= 15 is 0 Å². The number of carbonyl (C=O) groups excluding carboxylic acids is 1. The molecule has 0 saturated carbocycles. The highest BCUT2D eigenvalue weighted by molar-refractivity contribution is 7.09. The van der Waals surface area contributed by atoms with Crippen LogP contribution in [0, 0.1) is 6.92 Å². The first-order valence-electron chi connectivity index (χ1n) is 5.10. The highest BCUT2D eigenvalue weighted by Gasteiger charge is 2.09. The van der Waals surface area contributed by atoms with Gasteiger partial charge in [-0.1, -0.05) is 23.7 Å². The highest BCUT2D eigenvalue weighted by atomic mass is 35.5. The van der Waals surface area contributed by atoms with Gasteiger partial charge < -0.3 is 5.32 Å². The fourth-order valence-corrected chi connectivity index (χ4v) is 2.31. The highest BCUT2D eigenvalue weighted by Crippen LogP contribution is 2.15. The minimum atomic E-state index is -0.177. The molecule has 0 aliphatic heterocycles. The smallest absolute Gasteiger partial charge is 0.253 e. The Balaban J connectivity index is 2.01. The van der Waals surface area contributed by atoms with Crippen molar-refractivity contribution in [1.29, 1.82) is 0 Å². The fraction of sp³-hybridized carbons (Fsp3) is 0.167. The van der Waals surface area contributed by atoms with Crippen molar-refractivity contribution in [3.63, 3.8) is 0 Å². The zero-order valence-corrected chi connectivity index (χ0v) is 10.8. The summed E-state index contributed by atoms with van der Waals surface area (Å²) < 4.78 is 0. The van der Waals surface area contributed by atoms with Gasteiger partial charge in [-0.3, -0.25) is 4.79 Å². The van der Waals surface area contributed by atoms with Crippen molar-refractivity contribution >= 4 is 28.8 Å². The number of hydrogen-bond donors (Lipinski definition) is 1. The normalized spacial score (nSPS) is 10.2. The van der Waals surface area contributed by atoms with Gasteiger partial charge in [-0.2, -0.15) is 0 Å². The number of halogens is 1. The van der Waals surface area contributed by atoms with Crippen LogP contribution in [-0.4, -0.2) is 10.9 Å². The van der Waals surface area contributed by atoms with Crippen molar-refractivity contribution in [1.82, 2.24) is 10.3 Å². The average molecular weight is 267 g/mol. The number of nitrogens with one attached hydrogen (secondary N) is 1. The molecule has 0 atom stereocenters. The molecule has 0 fully saturated rings. The molecule has 1 heterocycles. The van der Waals surface area contributed by atoms with Gasteiger partial charge in [-0.25, -0.2) is 4.98 Å². The Labute approximate surface area is 108 Å². The molecule has 2 aromatic rings. The maximum absolute atomic E-state index is 11.8. The molecule has 1 N–H and O–H groups in total. The molecule has 0 spiro atoms. The second-order valence-corrected chi connectivity index (χ2v) is 4.90. The van der Waals surface area contributed by atoms with Crippen molar-refractivity contribution in [3.8, 4) is 0 Å². The summed E-state index contributed by atoms with van der Waals surface area (Å²) in [5.41, 5.74) is 1.46. The first-order chi connectivity index (χ1) is 8.16. The quantitative estimate of drug-likeness (QED) is 0.928. The van der Waals surface area contributed by atoms with E-state index in [4.69, 9.17) is 11.6 Å². The fourth-order valence-electron chi connectivity index (χ4n) is 1.38. The zero-order chi connectivity index (χ0) is 12.3. The van der Waals surface area contributed by atoms with E-state index in [2.05, 4.69) is 10.3 Å². The Bertz CT molecular complexity index is 539. The summed E-state index contributed by atoms with van der Waals surface area (Å²) in [7, 11) is 0. The maximum Gasteiger partial charge on any atom is 0.253 e. The molecule has 0 bridgehead atoms. The van der Waals surface area contributed by atoms with Crippen LogP contribution >= 0.6 is 22.9 Å². The van der Waals surface area contributed by atoms with Gasteiger partial charge >= 0.3 is 0 Å². The van der Waals surface area contributed by atoms with E-state index in [1.54, 1.807) is 24.3 Å². The summed E-state index contributed by atoms with van der Waals surface area (Å²) in [6, 6.07) is 6.98. The second-order valence-electron chi connectivity index (χ2n) is 3.55. The Kier molecular flexibility index (Phi) is 3.76. The van der Waals surface area contributed by atoms with Crippen LogP contribution in [0.4, 0.5) is 0 Å². The lowest BCUT2D eigenvalue weighted by Crippen LogP contribution is -2.22. The lowest BCUT2D eigenvalue weighted by atomic mass is 10.2. The van der Waals surface area contributed by atoms with Crippen LogP contribution in [0.15, 0.2) is 29.6 Å². The molecule has 88 valence electrons. The minimum absolute atomic E-state index is 0.177. The topological polar surface area (TPSA) is 42.0 Å². The summed E-state index contributed by atoms with van der Waals surface area (Å²) in [5, 5.41) is 6.10.